The van der Waals surface area contributed by atoms with E-state index in [4.69, 9.17) is 32.5 Å². The van der Waals surface area contributed by atoms with Gasteiger partial charge in [-0.15, -0.1) is 0 Å². The summed E-state index contributed by atoms with van der Waals surface area (Å²) in [5.41, 5.74) is 0. The Morgan fingerprint density at radius 2 is 1.32 bits per heavy atom. The lowest BCUT2D eigenvalue weighted by Crippen LogP contribution is -2.57. The summed E-state index contributed by atoms with van der Waals surface area (Å²) in [6.07, 6.45) is -2.44. The first-order valence-electron chi connectivity index (χ1n) is 13.5. The van der Waals surface area contributed by atoms with Crippen molar-refractivity contribution in [3.8, 4) is 0 Å². The Morgan fingerprint density at radius 1 is 0.838 bits per heavy atom. The van der Waals surface area contributed by atoms with Crippen molar-refractivity contribution < 1.29 is 37.3 Å². The van der Waals surface area contributed by atoms with Crippen molar-refractivity contribution >= 4 is 22.6 Å². The van der Waals surface area contributed by atoms with E-state index in [1.165, 1.54) is 7.11 Å². The zero-order chi connectivity index (χ0) is 28.8. The molecule has 0 N–H and O–H groups in total. The van der Waals surface area contributed by atoms with Crippen LogP contribution in [0.3, 0.4) is 0 Å². The highest BCUT2D eigenvalue weighted by atomic mass is 28.4. The Kier molecular flexibility index (Phi) is 9.70. The van der Waals surface area contributed by atoms with Gasteiger partial charge in [0.05, 0.1) is 26.2 Å². The SMILES string of the molecule is COC(=O)C[C@H](O[Si](C)(C)C(C)(C)C)[C@H]1OC(C)(C)O[C@H]1[C@H](O[Si](C)(C)C(C)(C)C)[C@H]1COC(C)(C)O1. The van der Waals surface area contributed by atoms with E-state index in [0.717, 1.165) is 0 Å². The van der Waals surface area contributed by atoms with Crippen molar-refractivity contribution in [1.82, 2.24) is 0 Å². The summed E-state index contributed by atoms with van der Waals surface area (Å²) in [6, 6.07) is 0. The third-order valence-electron chi connectivity index (χ3n) is 8.34. The highest BCUT2D eigenvalue weighted by Crippen LogP contribution is 2.45. The molecule has 37 heavy (non-hydrogen) atoms. The predicted molar refractivity (Wildman–Crippen MR) is 150 cm³/mol. The molecule has 2 fully saturated rings. The molecule has 2 rings (SSSR count). The van der Waals surface area contributed by atoms with Crippen molar-refractivity contribution in [2.75, 3.05) is 13.7 Å². The van der Waals surface area contributed by atoms with Crippen LogP contribution in [0, 0.1) is 0 Å². The fourth-order valence-corrected chi connectivity index (χ4v) is 6.78. The summed E-state index contributed by atoms with van der Waals surface area (Å²) in [5.74, 6) is -1.98. The maximum absolute atomic E-state index is 12.6. The number of ether oxygens (including phenoxy) is 5. The molecular formula is C27H54O8Si2. The van der Waals surface area contributed by atoms with E-state index in [1.807, 2.05) is 27.7 Å². The number of hydrogen-bond donors (Lipinski definition) is 0. The number of methoxy groups -OCH3 is 1. The molecule has 10 heteroatoms. The summed E-state index contributed by atoms with van der Waals surface area (Å²) in [7, 11) is -3.16. The Hall–Kier alpha value is -0.336. The molecule has 0 bridgehead atoms. The fourth-order valence-electron chi connectivity index (χ4n) is 4.14. The zero-order valence-electron chi connectivity index (χ0n) is 26.1. The van der Waals surface area contributed by atoms with Gasteiger partial charge in [0.2, 0.25) is 0 Å². The Labute approximate surface area is 227 Å². The highest BCUT2D eigenvalue weighted by molar-refractivity contribution is 6.74. The predicted octanol–water partition coefficient (Wildman–Crippen LogP) is 6.00. The zero-order valence-corrected chi connectivity index (χ0v) is 28.1. The second kappa shape index (κ2) is 10.9. The molecule has 2 aliphatic rings. The fraction of sp³-hybridized carbons (Fsp3) is 0.963. The highest BCUT2D eigenvalue weighted by Gasteiger charge is 2.57. The first-order chi connectivity index (χ1) is 16.4. The van der Waals surface area contributed by atoms with Gasteiger partial charge in [-0.3, -0.25) is 4.79 Å². The van der Waals surface area contributed by atoms with Gasteiger partial charge in [0.1, 0.15) is 24.4 Å². The van der Waals surface area contributed by atoms with Gasteiger partial charge in [0, 0.05) is 0 Å². The molecule has 0 amide bonds. The van der Waals surface area contributed by atoms with Gasteiger partial charge in [-0.1, -0.05) is 41.5 Å². The summed E-state index contributed by atoms with van der Waals surface area (Å²) in [5, 5.41) is -0.0942. The van der Waals surface area contributed by atoms with Crippen LogP contribution < -0.4 is 0 Å². The minimum absolute atomic E-state index is 0.0340. The van der Waals surface area contributed by atoms with Gasteiger partial charge >= 0.3 is 5.97 Å². The topological polar surface area (TPSA) is 81.7 Å². The molecule has 0 unspecified atom stereocenters. The van der Waals surface area contributed by atoms with Crippen molar-refractivity contribution in [2.24, 2.45) is 0 Å². The monoisotopic (exact) mass is 562 g/mol. The molecule has 0 saturated carbocycles. The molecular weight excluding hydrogens is 508 g/mol. The molecule has 0 radical (unpaired) electrons. The van der Waals surface area contributed by atoms with E-state index >= 15 is 0 Å². The van der Waals surface area contributed by atoms with Crippen LogP contribution in [0.5, 0.6) is 0 Å². The van der Waals surface area contributed by atoms with Crippen molar-refractivity contribution in [2.45, 2.75) is 154 Å². The molecule has 218 valence electrons. The second-order valence-electron chi connectivity index (χ2n) is 14.5. The maximum atomic E-state index is 12.6. The first-order valence-corrected chi connectivity index (χ1v) is 19.3. The number of hydrogen-bond acceptors (Lipinski definition) is 8. The minimum Gasteiger partial charge on any atom is -0.469 e. The van der Waals surface area contributed by atoms with E-state index < -0.39 is 52.6 Å². The lowest BCUT2D eigenvalue weighted by Gasteiger charge is -2.44. The van der Waals surface area contributed by atoms with E-state index in [0.29, 0.717) is 6.61 Å². The van der Waals surface area contributed by atoms with Crippen LogP contribution >= 0.6 is 0 Å². The van der Waals surface area contributed by atoms with E-state index in [1.54, 1.807) is 0 Å². The van der Waals surface area contributed by atoms with Gasteiger partial charge in [-0.25, -0.2) is 0 Å². The first kappa shape index (κ1) is 32.9. The Bertz CT molecular complexity index is 797. The third kappa shape index (κ3) is 8.09. The van der Waals surface area contributed by atoms with Crippen molar-refractivity contribution in [3.63, 3.8) is 0 Å². The third-order valence-corrected chi connectivity index (χ3v) is 17.3. The number of carbonyl (C=O) groups is 1. The lowest BCUT2D eigenvalue weighted by molar-refractivity contribution is -0.177. The molecule has 2 aliphatic heterocycles. The quantitative estimate of drug-likeness (QED) is 0.250. The summed E-state index contributed by atoms with van der Waals surface area (Å²) in [6.45, 7) is 29.9. The van der Waals surface area contributed by atoms with Gasteiger partial charge in [-0.05, 0) is 64.0 Å². The molecule has 0 aromatic heterocycles. The standard InChI is InChI=1S/C27H54O8Si2/c1-24(2,3)36(12,13)34-18(16-20(28)29-11)21-23(33-27(9,10)32-21)22(19-17-30-26(7,8)31-19)35-37(14,15)25(4,5)6/h18-19,21-23H,16-17H2,1-15H3/t18-,19+,21+,22+,23+/m0/s1. The molecule has 0 spiro atoms. The number of carbonyl (C=O) groups excluding carboxylic acids is 1. The second-order valence-corrected chi connectivity index (χ2v) is 24.0. The minimum atomic E-state index is -2.29. The number of esters is 1. The largest absolute Gasteiger partial charge is 0.469 e. The van der Waals surface area contributed by atoms with Gasteiger partial charge in [0.15, 0.2) is 28.2 Å². The van der Waals surface area contributed by atoms with Crippen LogP contribution in [0.4, 0.5) is 0 Å². The molecule has 0 aromatic carbocycles. The number of rotatable bonds is 9. The van der Waals surface area contributed by atoms with Crippen molar-refractivity contribution in [1.29, 1.82) is 0 Å². The van der Waals surface area contributed by atoms with Gasteiger partial charge in [-0.2, -0.15) is 0 Å². The van der Waals surface area contributed by atoms with Gasteiger partial charge < -0.3 is 32.5 Å². The summed E-state index contributed by atoms with van der Waals surface area (Å²) < 4.78 is 44.4. The van der Waals surface area contributed by atoms with Crippen LogP contribution in [0.1, 0.15) is 75.7 Å². The molecule has 2 heterocycles. The van der Waals surface area contributed by atoms with Crippen LogP contribution in [0.25, 0.3) is 0 Å². The average Bonchev–Trinajstić information content (AvgIpc) is 3.21. The van der Waals surface area contributed by atoms with E-state index in [2.05, 4.69) is 67.7 Å². The smallest absolute Gasteiger partial charge is 0.308 e. The molecule has 0 aromatic rings. The van der Waals surface area contributed by atoms with Crippen LogP contribution in [-0.4, -0.2) is 78.4 Å². The van der Waals surface area contributed by atoms with Crippen molar-refractivity contribution in [3.05, 3.63) is 0 Å². The molecule has 8 nitrogen and oxygen atoms in total. The average molecular weight is 563 g/mol. The lowest BCUT2D eigenvalue weighted by atomic mass is 9.98. The summed E-state index contributed by atoms with van der Waals surface area (Å²) >= 11 is 0. The molecule has 0 aliphatic carbocycles. The Balaban J connectivity index is 2.56. The summed E-state index contributed by atoms with van der Waals surface area (Å²) in [4.78, 5) is 12.6. The Morgan fingerprint density at radius 3 is 1.76 bits per heavy atom. The van der Waals surface area contributed by atoms with E-state index in [9.17, 15) is 4.79 Å². The molecule has 5 atom stereocenters. The molecule has 2 saturated heterocycles. The van der Waals surface area contributed by atoms with Crippen LogP contribution in [-0.2, 0) is 37.3 Å². The van der Waals surface area contributed by atoms with Crippen LogP contribution in [0.2, 0.25) is 36.3 Å². The van der Waals surface area contributed by atoms with Crippen LogP contribution in [0.15, 0.2) is 0 Å². The normalized spacial score (nSPS) is 28.2. The van der Waals surface area contributed by atoms with E-state index in [-0.39, 0.29) is 28.6 Å². The van der Waals surface area contributed by atoms with Gasteiger partial charge in [0.25, 0.3) is 0 Å². The maximum Gasteiger partial charge on any atom is 0.308 e.